The van der Waals surface area contributed by atoms with Crippen molar-refractivity contribution in [1.82, 2.24) is 5.32 Å². The second kappa shape index (κ2) is 12.0. The minimum Gasteiger partial charge on any atom is -0.487 e. The van der Waals surface area contributed by atoms with E-state index in [0.717, 1.165) is 17.5 Å². The first-order chi connectivity index (χ1) is 19.3. The Kier molecular flexibility index (Phi) is 8.68. The number of carboxylic acids is 1. The monoisotopic (exact) mass is 565 g/mol. The second-order valence-corrected chi connectivity index (χ2v) is 10.5. The summed E-state index contributed by atoms with van der Waals surface area (Å²) >= 11 is 0. The molecular weight excluding hydrogens is 535 g/mol. The van der Waals surface area contributed by atoms with Gasteiger partial charge in [0, 0.05) is 5.39 Å². The van der Waals surface area contributed by atoms with Crippen LogP contribution in [0.3, 0.4) is 0 Å². The normalized spacial score (nSPS) is 13.4. The minimum atomic E-state index is -4.46. The van der Waals surface area contributed by atoms with Gasteiger partial charge in [0.1, 0.15) is 18.5 Å². The van der Waals surface area contributed by atoms with Crippen LogP contribution < -0.4 is 10.1 Å². The number of rotatable bonds is 9. The average Bonchev–Trinajstić information content (AvgIpc) is 2.93. The summed E-state index contributed by atoms with van der Waals surface area (Å²) in [5, 5.41) is 14.1. The van der Waals surface area contributed by atoms with Crippen LogP contribution in [0, 0.1) is 0 Å². The van der Waals surface area contributed by atoms with Crippen LogP contribution >= 0.6 is 0 Å². The van der Waals surface area contributed by atoms with Gasteiger partial charge < -0.3 is 19.9 Å². The third-order valence-electron chi connectivity index (χ3n) is 6.25. The van der Waals surface area contributed by atoms with Gasteiger partial charge in [-0.2, -0.15) is 13.2 Å². The van der Waals surface area contributed by atoms with Gasteiger partial charge in [-0.25, -0.2) is 4.79 Å². The molecule has 0 aliphatic carbocycles. The summed E-state index contributed by atoms with van der Waals surface area (Å²) < 4.78 is 51.1. The smallest absolute Gasteiger partial charge is 0.416 e. The fourth-order valence-corrected chi connectivity index (χ4v) is 4.36. The van der Waals surface area contributed by atoms with Crippen molar-refractivity contribution in [1.29, 1.82) is 0 Å². The summed E-state index contributed by atoms with van der Waals surface area (Å²) in [4.78, 5) is 26.1. The largest absolute Gasteiger partial charge is 0.487 e. The van der Waals surface area contributed by atoms with Gasteiger partial charge in [-0.1, -0.05) is 72.8 Å². The van der Waals surface area contributed by atoms with Crippen LogP contribution in [0.2, 0.25) is 0 Å². The first-order valence-electron chi connectivity index (χ1n) is 12.9. The van der Waals surface area contributed by atoms with Crippen molar-refractivity contribution in [2.24, 2.45) is 0 Å². The summed E-state index contributed by atoms with van der Waals surface area (Å²) in [7, 11) is 0. The number of fused-ring (bicyclic) bond motifs is 1. The lowest BCUT2D eigenvalue weighted by Crippen LogP contribution is -2.47. The van der Waals surface area contributed by atoms with Crippen molar-refractivity contribution in [2.45, 2.75) is 51.3 Å². The maximum Gasteiger partial charge on any atom is 0.416 e. The van der Waals surface area contributed by atoms with Crippen LogP contribution in [-0.4, -0.2) is 28.6 Å². The Hall–Kier alpha value is -4.37. The number of hydrogen-bond donors (Lipinski definition) is 2. The van der Waals surface area contributed by atoms with Gasteiger partial charge in [0.05, 0.1) is 16.7 Å². The molecular formula is C32H30F3NO5. The molecule has 41 heavy (non-hydrogen) atoms. The lowest BCUT2D eigenvalue weighted by Gasteiger charge is -2.32. The molecule has 1 amide bonds. The number of ether oxygens (including phenoxy) is 2. The molecule has 0 saturated carbocycles. The number of nitrogens with one attached hydrogen (secondary N) is 1. The van der Waals surface area contributed by atoms with Gasteiger partial charge in [0.2, 0.25) is 0 Å². The Bertz CT molecular complexity index is 1510. The van der Waals surface area contributed by atoms with Crippen LogP contribution in [0.25, 0.3) is 10.8 Å². The first kappa shape index (κ1) is 29.6. The second-order valence-electron chi connectivity index (χ2n) is 10.5. The van der Waals surface area contributed by atoms with Gasteiger partial charge in [-0.05, 0) is 55.5 Å². The summed E-state index contributed by atoms with van der Waals surface area (Å²) in [6.07, 6.45) is -5.47. The Labute approximate surface area is 235 Å². The molecule has 0 unspecified atom stereocenters. The molecule has 0 aliphatic rings. The minimum absolute atomic E-state index is 0.0735. The molecule has 214 valence electrons. The summed E-state index contributed by atoms with van der Waals surface area (Å²) in [6.45, 7) is 5.26. The quantitative estimate of drug-likeness (QED) is 0.225. The molecule has 0 aromatic heterocycles. The third-order valence-corrected chi connectivity index (χ3v) is 6.25. The molecule has 4 aromatic rings. The molecule has 9 heteroatoms. The maximum atomic E-state index is 13.7. The standard InChI is InChI=1S/C32H30F3NO5/c1-31(2,3)41-27(22-10-5-4-6-11-22)26(30(38)39)36-29(37)25-18-15-21-9-7-8-12-24(21)28(25)40-19-20-13-16-23(17-14-20)32(33,34)35/h4-18,26-27H,19H2,1-3H3,(H,36,37)(H,38,39)/t26-,27+/m0/s1. The lowest BCUT2D eigenvalue weighted by atomic mass is 9.99. The lowest BCUT2D eigenvalue weighted by molar-refractivity contribution is -0.148. The van der Waals surface area contributed by atoms with Crippen molar-refractivity contribution >= 4 is 22.6 Å². The van der Waals surface area contributed by atoms with E-state index in [0.29, 0.717) is 16.5 Å². The molecule has 0 saturated heterocycles. The predicted molar refractivity (Wildman–Crippen MR) is 149 cm³/mol. The molecule has 4 aromatic carbocycles. The molecule has 4 rings (SSSR count). The van der Waals surface area contributed by atoms with Crippen molar-refractivity contribution in [3.63, 3.8) is 0 Å². The van der Waals surface area contributed by atoms with E-state index < -0.39 is 41.4 Å². The van der Waals surface area contributed by atoms with Crippen molar-refractivity contribution < 1.29 is 37.3 Å². The molecule has 2 N–H and O–H groups in total. The molecule has 0 fully saturated rings. The Morgan fingerprint density at radius 1 is 0.854 bits per heavy atom. The molecule has 0 heterocycles. The van der Waals surface area contributed by atoms with Gasteiger partial charge in [0.25, 0.3) is 5.91 Å². The van der Waals surface area contributed by atoms with Crippen LogP contribution in [0.5, 0.6) is 5.75 Å². The highest BCUT2D eigenvalue weighted by Crippen LogP contribution is 2.33. The number of carbonyl (C=O) groups excluding carboxylic acids is 1. The number of benzene rings is 4. The number of alkyl halides is 3. The van der Waals surface area contributed by atoms with Crippen LogP contribution in [0.1, 0.15) is 53.9 Å². The maximum absolute atomic E-state index is 13.7. The van der Waals surface area contributed by atoms with Gasteiger partial charge in [-0.3, -0.25) is 4.79 Å². The van der Waals surface area contributed by atoms with Crippen molar-refractivity contribution in [2.75, 3.05) is 0 Å². The number of carboxylic acid groups (broad SMARTS) is 1. The molecule has 0 aliphatic heterocycles. The Morgan fingerprint density at radius 3 is 2.10 bits per heavy atom. The predicted octanol–water partition coefficient (Wildman–Crippen LogP) is 7.18. The molecule has 2 atom stereocenters. The highest BCUT2D eigenvalue weighted by molar-refractivity contribution is 6.05. The van der Waals surface area contributed by atoms with Crippen molar-refractivity contribution in [3.05, 3.63) is 113 Å². The topological polar surface area (TPSA) is 84.9 Å². The van der Waals surface area contributed by atoms with E-state index in [4.69, 9.17) is 9.47 Å². The average molecular weight is 566 g/mol. The van der Waals surface area contributed by atoms with E-state index in [1.807, 2.05) is 12.1 Å². The highest BCUT2D eigenvalue weighted by atomic mass is 19.4. The van der Waals surface area contributed by atoms with Gasteiger partial charge in [0.15, 0.2) is 6.04 Å². The summed E-state index contributed by atoms with van der Waals surface area (Å²) in [6, 6.07) is 22.3. The zero-order chi connectivity index (χ0) is 29.8. The summed E-state index contributed by atoms with van der Waals surface area (Å²) in [5.41, 5.74) is -0.394. The number of hydrogen-bond acceptors (Lipinski definition) is 4. The molecule has 0 radical (unpaired) electrons. The number of amides is 1. The Morgan fingerprint density at radius 2 is 1.49 bits per heavy atom. The van der Waals surface area contributed by atoms with Crippen LogP contribution in [0.15, 0.2) is 91.0 Å². The molecule has 6 nitrogen and oxygen atoms in total. The van der Waals surface area contributed by atoms with Crippen LogP contribution in [0.4, 0.5) is 13.2 Å². The Balaban J connectivity index is 1.67. The molecule has 0 spiro atoms. The van der Waals surface area contributed by atoms with E-state index in [-0.39, 0.29) is 17.9 Å². The first-order valence-corrected chi connectivity index (χ1v) is 12.9. The number of carbonyl (C=O) groups is 2. The fraction of sp³-hybridized carbons (Fsp3) is 0.250. The third kappa shape index (κ3) is 7.43. The van der Waals surface area contributed by atoms with Gasteiger partial charge >= 0.3 is 12.1 Å². The molecule has 0 bridgehead atoms. The van der Waals surface area contributed by atoms with E-state index in [1.165, 1.54) is 18.2 Å². The zero-order valence-corrected chi connectivity index (χ0v) is 22.7. The number of aliphatic carboxylic acids is 1. The SMILES string of the molecule is CC(C)(C)O[C@H](c1ccccc1)[C@H](NC(=O)c1ccc2ccccc2c1OCc1ccc(C(F)(F)F)cc1)C(=O)O. The fourth-order valence-electron chi connectivity index (χ4n) is 4.36. The van der Waals surface area contributed by atoms with Crippen molar-refractivity contribution in [3.8, 4) is 5.75 Å². The van der Waals surface area contributed by atoms with Gasteiger partial charge in [-0.15, -0.1) is 0 Å². The van der Waals surface area contributed by atoms with E-state index >= 15 is 0 Å². The zero-order valence-electron chi connectivity index (χ0n) is 22.7. The van der Waals surface area contributed by atoms with E-state index in [1.54, 1.807) is 69.3 Å². The number of halogens is 3. The highest BCUT2D eigenvalue weighted by Gasteiger charge is 2.36. The van der Waals surface area contributed by atoms with Crippen LogP contribution in [-0.2, 0) is 22.3 Å². The van der Waals surface area contributed by atoms with E-state index in [2.05, 4.69) is 5.32 Å². The summed E-state index contributed by atoms with van der Waals surface area (Å²) in [5.74, 6) is -1.81. The van der Waals surface area contributed by atoms with E-state index in [9.17, 15) is 27.9 Å².